The number of benzene rings is 1. The first-order chi connectivity index (χ1) is 15.3. The van der Waals surface area contributed by atoms with Gasteiger partial charge in [-0.25, -0.2) is 13.1 Å². The monoisotopic (exact) mass is 465 g/mol. The molecule has 1 unspecified atom stereocenters. The van der Waals surface area contributed by atoms with E-state index in [0.29, 0.717) is 6.54 Å². The molecule has 1 saturated carbocycles. The van der Waals surface area contributed by atoms with Gasteiger partial charge in [0.15, 0.2) is 0 Å². The number of likely N-dealkylation sites (N-methyl/N-ethyl adjacent to an activating group) is 1. The SMILES string of the molecule is CCN1CCCC1CNC(=O)c1cc(S(=O)(=O)NC(=O)CC2CCCCC2)ccc1OC. The molecule has 1 aliphatic carbocycles. The van der Waals surface area contributed by atoms with Crippen LogP contribution in [0.15, 0.2) is 23.1 Å². The van der Waals surface area contributed by atoms with E-state index in [4.69, 9.17) is 4.74 Å². The third-order valence-electron chi connectivity index (χ3n) is 6.58. The first kappa shape index (κ1) is 24.5. The van der Waals surface area contributed by atoms with Gasteiger partial charge >= 0.3 is 0 Å². The van der Waals surface area contributed by atoms with Crippen LogP contribution in [-0.2, 0) is 14.8 Å². The third kappa shape index (κ3) is 6.22. The van der Waals surface area contributed by atoms with Gasteiger partial charge in [0.05, 0.1) is 17.6 Å². The molecular weight excluding hydrogens is 430 g/mol. The summed E-state index contributed by atoms with van der Waals surface area (Å²) < 4.78 is 33.0. The maximum atomic E-state index is 12.8. The minimum absolute atomic E-state index is 0.128. The molecule has 1 aliphatic heterocycles. The number of carbonyl (C=O) groups is 2. The zero-order valence-corrected chi connectivity index (χ0v) is 19.9. The summed E-state index contributed by atoms with van der Waals surface area (Å²) in [6.07, 6.45) is 7.58. The van der Waals surface area contributed by atoms with Crippen LogP contribution >= 0.6 is 0 Å². The Hall–Kier alpha value is -2.13. The Morgan fingerprint density at radius 2 is 1.88 bits per heavy atom. The minimum atomic E-state index is -4.08. The summed E-state index contributed by atoms with van der Waals surface area (Å²) in [4.78, 5) is 27.4. The van der Waals surface area contributed by atoms with Crippen molar-refractivity contribution in [3.63, 3.8) is 0 Å². The van der Waals surface area contributed by atoms with Crippen LogP contribution in [0.3, 0.4) is 0 Å². The highest BCUT2D eigenvalue weighted by atomic mass is 32.2. The third-order valence-corrected chi connectivity index (χ3v) is 7.95. The average Bonchev–Trinajstić information content (AvgIpc) is 3.24. The van der Waals surface area contributed by atoms with Crippen LogP contribution in [0, 0.1) is 5.92 Å². The van der Waals surface area contributed by atoms with Gasteiger partial charge in [0.2, 0.25) is 5.91 Å². The van der Waals surface area contributed by atoms with E-state index in [9.17, 15) is 18.0 Å². The molecule has 0 spiro atoms. The van der Waals surface area contributed by atoms with Crippen LogP contribution < -0.4 is 14.8 Å². The maximum Gasteiger partial charge on any atom is 0.264 e. The Bertz CT molecular complexity index is 912. The van der Waals surface area contributed by atoms with E-state index in [-0.39, 0.29) is 34.6 Å². The first-order valence-electron chi connectivity index (χ1n) is 11.6. The minimum Gasteiger partial charge on any atom is -0.496 e. The highest BCUT2D eigenvalue weighted by molar-refractivity contribution is 7.90. The lowest BCUT2D eigenvalue weighted by Crippen LogP contribution is -2.40. The summed E-state index contributed by atoms with van der Waals surface area (Å²) in [6, 6.07) is 4.35. The number of sulfonamides is 1. The molecule has 2 aliphatic rings. The number of hydrogen-bond acceptors (Lipinski definition) is 6. The number of rotatable bonds is 9. The van der Waals surface area contributed by atoms with Gasteiger partial charge in [0.25, 0.3) is 15.9 Å². The molecule has 1 aromatic carbocycles. The van der Waals surface area contributed by atoms with Crippen molar-refractivity contribution >= 4 is 21.8 Å². The van der Waals surface area contributed by atoms with Gasteiger partial charge in [-0.05, 0) is 62.9 Å². The van der Waals surface area contributed by atoms with Crippen LogP contribution in [0.4, 0.5) is 0 Å². The molecule has 9 heteroatoms. The Balaban J connectivity index is 1.68. The standard InChI is InChI=1S/C23H35N3O5S/c1-3-26-13-7-10-18(26)16-24-23(28)20-15-19(11-12-21(20)31-2)32(29,30)25-22(27)14-17-8-5-4-6-9-17/h11-12,15,17-18H,3-10,13-14,16H2,1-2H3,(H,24,28)(H,25,27). The molecule has 1 saturated heterocycles. The molecule has 0 bridgehead atoms. The lowest BCUT2D eigenvalue weighted by atomic mass is 9.87. The highest BCUT2D eigenvalue weighted by Gasteiger charge is 2.26. The number of nitrogens with zero attached hydrogens (tertiary/aromatic N) is 1. The van der Waals surface area contributed by atoms with Crippen LogP contribution in [-0.4, -0.2) is 57.9 Å². The topological polar surface area (TPSA) is 105 Å². The summed E-state index contributed by atoms with van der Waals surface area (Å²) in [5.74, 6) is -0.377. The fourth-order valence-electron chi connectivity index (χ4n) is 4.78. The van der Waals surface area contributed by atoms with E-state index in [1.54, 1.807) is 0 Å². The van der Waals surface area contributed by atoms with E-state index >= 15 is 0 Å². The lowest BCUT2D eigenvalue weighted by molar-refractivity contribution is -0.120. The van der Waals surface area contributed by atoms with E-state index in [2.05, 4.69) is 21.9 Å². The number of hydrogen-bond donors (Lipinski definition) is 2. The summed E-state index contributed by atoms with van der Waals surface area (Å²) in [5, 5.41) is 2.91. The van der Waals surface area contributed by atoms with Gasteiger partial charge in [-0.2, -0.15) is 0 Å². The Morgan fingerprint density at radius 1 is 1.12 bits per heavy atom. The molecule has 0 aromatic heterocycles. The van der Waals surface area contributed by atoms with Gasteiger partial charge in [0, 0.05) is 19.0 Å². The second kappa shape index (κ2) is 11.1. The molecular formula is C23H35N3O5S. The average molecular weight is 466 g/mol. The van der Waals surface area contributed by atoms with Crippen molar-refractivity contribution in [2.45, 2.75) is 69.2 Å². The molecule has 2 N–H and O–H groups in total. The second-order valence-corrected chi connectivity index (χ2v) is 10.4. The number of methoxy groups -OCH3 is 1. The molecule has 32 heavy (non-hydrogen) atoms. The van der Waals surface area contributed by atoms with Crippen molar-refractivity contribution < 1.29 is 22.7 Å². The van der Waals surface area contributed by atoms with Crippen LogP contribution in [0.25, 0.3) is 0 Å². The van der Waals surface area contributed by atoms with Crippen molar-refractivity contribution in [1.82, 2.24) is 14.9 Å². The molecule has 2 fully saturated rings. The molecule has 2 amide bonds. The van der Waals surface area contributed by atoms with Gasteiger partial charge in [0.1, 0.15) is 5.75 Å². The second-order valence-electron chi connectivity index (χ2n) is 8.73. The van der Waals surface area contributed by atoms with E-state index in [1.165, 1.54) is 31.7 Å². The van der Waals surface area contributed by atoms with Crippen molar-refractivity contribution in [3.8, 4) is 5.75 Å². The predicted molar refractivity (Wildman–Crippen MR) is 122 cm³/mol. The van der Waals surface area contributed by atoms with Crippen LogP contribution in [0.2, 0.25) is 0 Å². The molecule has 0 radical (unpaired) electrons. The summed E-state index contributed by atoms with van der Waals surface area (Å²) in [6.45, 7) is 4.54. The molecule has 8 nitrogen and oxygen atoms in total. The zero-order valence-electron chi connectivity index (χ0n) is 19.1. The summed E-state index contributed by atoms with van der Waals surface area (Å²) >= 11 is 0. The number of carbonyl (C=O) groups excluding carboxylic acids is 2. The normalized spacial score (nSPS) is 20.1. The number of nitrogens with one attached hydrogen (secondary N) is 2. The zero-order chi connectivity index (χ0) is 23.1. The molecule has 178 valence electrons. The number of ether oxygens (including phenoxy) is 1. The quantitative estimate of drug-likeness (QED) is 0.581. The number of amides is 2. The van der Waals surface area contributed by atoms with E-state index in [1.807, 2.05) is 0 Å². The van der Waals surface area contributed by atoms with Crippen molar-refractivity contribution in [1.29, 1.82) is 0 Å². The smallest absolute Gasteiger partial charge is 0.264 e. The van der Waals surface area contributed by atoms with Gasteiger partial charge in [-0.15, -0.1) is 0 Å². The van der Waals surface area contributed by atoms with E-state index in [0.717, 1.165) is 51.6 Å². The predicted octanol–water partition coefficient (Wildman–Crippen LogP) is 2.68. The molecule has 3 rings (SSSR count). The highest BCUT2D eigenvalue weighted by Crippen LogP contribution is 2.27. The lowest BCUT2D eigenvalue weighted by Gasteiger charge is -2.23. The maximum absolute atomic E-state index is 12.8. The fraction of sp³-hybridized carbons (Fsp3) is 0.652. The van der Waals surface area contributed by atoms with Gasteiger partial charge in [-0.1, -0.05) is 26.2 Å². The van der Waals surface area contributed by atoms with Crippen molar-refractivity contribution in [3.05, 3.63) is 23.8 Å². The van der Waals surface area contributed by atoms with Gasteiger partial charge in [-0.3, -0.25) is 14.5 Å². The first-order valence-corrected chi connectivity index (χ1v) is 13.1. The van der Waals surface area contributed by atoms with Gasteiger partial charge < -0.3 is 10.1 Å². The van der Waals surface area contributed by atoms with Crippen molar-refractivity contribution in [2.24, 2.45) is 5.92 Å². The Labute approximate surface area is 191 Å². The molecule has 1 atom stereocenters. The number of likely N-dealkylation sites (tertiary alicyclic amines) is 1. The van der Waals surface area contributed by atoms with E-state index < -0.39 is 21.8 Å². The summed E-state index contributed by atoms with van der Waals surface area (Å²) in [5.41, 5.74) is 0.135. The van der Waals surface area contributed by atoms with Crippen molar-refractivity contribution in [2.75, 3.05) is 26.7 Å². The van der Waals surface area contributed by atoms with Crippen LogP contribution in [0.1, 0.15) is 68.6 Å². The van der Waals surface area contributed by atoms with Crippen LogP contribution in [0.5, 0.6) is 5.75 Å². The molecule has 1 heterocycles. The molecule has 1 aromatic rings. The Morgan fingerprint density at radius 3 is 2.56 bits per heavy atom. The Kier molecular flexibility index (Phi) is 8.53. The largest absolute Gasteiger partial charge is 0.496 e. The summed E-state index contributed by atoms with van der Waals surface area (Å²) in [7, 11) is -2.65. The fourth-order valence-corrected chi connectivity index (χ4v) is 5.81.